The molecule has 1 unspecified atom stereocenters. The quantitative estimate of drug-likeness (QED) is 0.911. The van der Waals surface area contributed by atoms with Gasteiger partial charge in [0.05, 0.1) is 12.8 Å². The highest BCUT2D eigenvalue weighted by Gasteiger charge is 2.18. The molecule has 2 rings (SSSR count). The molecule has 1 aromatic heterocycles. The third-order valence-electron chi connectivity index (χ3n) is 3.54. The van der Waals surface area contributed by atoms with Gasteiger partial charge in [-0.2, -0.15) is 5.10 Å². The lowest BCUT2D eigenvalue weighted by molar-refractivity contribution is 0.206. The molecule has 0 saturated heterocycles. The molecule has 4 heteroatoms. The van der Waals surface area contributed by atoms with Crippen LogP contribution in [0.1, 0.15) is 41.8 Å². The van der Waals surface area contributed by atoms with Crippen LogP contribution >= 0.6 is 0 Å². The van der Waals surface area contributed by atoms with Crippen LogP contribution < -0.4 is 4.74 Å². The van der Waals surface area contributed by atoms with E-state index in [-0.39, 0.29) is 0 Å². The second-order valence-corrected chi connectivity index (χ2v) is 5.06. The molecule has 0 radical (unpaired) electrons. The van der Waals surface area contributed by atoms with E-state index in [9.17, 15) is 5.11 Å². The number of hydrogen-bond donors (Lipinski definition) is 1. The Hall–Kier alpha value is -1.81. The average molecular weight is 274 g/mol. The highest BCUT2D eigenvalue weighted by Crippen LogP contribution is 2.30. The fourth-order valence-corrected chi connectivity index (χ4v) is 2.46. The summed E-state index contributed by atoms with van der Waals surface area (Å²) in [6, 6.07) is 5.83. The third kappa shape index (κ3) is 2.70. The van der Waals surface area contributed by atoms with E-state index in [0.29, 0.717) is 0 Å². The maximum absolute atomic E-state index is 10.7. The number of rotatable bonds is 5. The first kappa shape index (κ1) is 14.6. The minimum absolute atomic E-state index is 0.659. The number of ether oxygens (including phenoxy) is 1. The molecule has 0 spiro atoms. The average Bonchev–Trinajstić information content (AvgIpc) is 2.89. The van der Waals surface area contributed by atoms with Crippen LogP contribution in [0.5, 0.6) is 5.75 Å². The number of hydrogen-bond acceptors (Lipinski definition) is 3. The molecule has 0 aliphatic rings. The van der Waals surface area contributed by atoms with Gasteiger partial charge in [0.1, 0.15) is 11.9 Å². The van der Waals surface area contributed by atoms with Gasteiger partial charge in [0, 0.05) is 12.7 Å². The molecule has 1 N–H and O–H groups in total. The van der Waals surface area contributed by atoms with Gasteiger partial charge in [0.15, 0.2) is 0 Å². The molecule has 0 aliphatic carbocycles. The van der Waals surface area contributed by atoms with Crippen molar-refractivity contribution >= 4 is 0 Å². The summed E-state index contributed by atoms with van der Waals surface area (Å²) in [5.74, 6) is 0.848. The fraction of sp³-hybridized carbons (Fsp3) is 0.438. The molecule has 0 aliphatic heterocycles. The highest BCUT2D eigenvalue weighted by molar-refractivity contribution is 5.44. The Morgan fingerprint density at radius 2 is 2.05 bits per heavy atom. The van der Waals surface area contributed by atoms with Crippen LogP contribution in [0.2, 0.25) is 0 Å². The first-order chi connectivity index (χ1) is 9.58. The van der Waals surface area contributed by atoms with Gasteiger partial charge in [-0.3, -0.25) is 4.68 Å². The zero-order chi connectivity index (χ0) is 14.7. The Balaban J connectivity index is 2.40. The number of aryl methyl sites for hydroxylation is 3. The molecule has 1 aromatic carbocycles. The van der Waals surface area contributed by atoms with Crippen LogP contribution in [0.3, 0.4) is 0 Å². The first-order valence-electron chi connectivity index (χ1n) is 6.93. The van der Waals surface area contributed by atoms with Crippen molar-refractivity contribution in [1.82, 2.24) is 9.78 Å². The highest BCUT2D eigenvalue weighted by atomic mass is 16.5. The molecule has 1 atom stereocenters. The standard InChI is InChI=1S/C16H22N2O2/c1-5-8-18-14(6-7-17-18)16(19)13-9-12(3)15(20-4)10-11(13)2/h6-7,9-10,16,19H,5,8H2,1-4H3. The zero-order valence-corrected chi connectivity index (χ0v) is 12.6. The normalized spacial score (nSPS) is 12.4. The molecule has 0 amide bonds. The van der Waals surface area contributed by atoms with Crippen molar-refractivity contribution in [2.45, 2.75) is 39.8 Å². The summed E-state index contributed by atoms with van der Waals surface area (Å²) in [6.07, 6.45) is 2.07. The summed E-state index contributed by atoms with van der Waals surface area (Å²) in [5, 5.41) is 14.9. The maximum atomic E-state index is 10.7. The van der Waals surface area contributed by atoms with Gasteiger partial charge in [-0.05, 0) is 55.2 Å². The van der Waals surface area contributed by atoms with E-state index in [1.807, 2.05) is 36.7 Å². The molecule has 2 aromatic rings. The summed E-state index contributed by atoms with van der Waals surface area (Å²) < 4.78 is 7.18. The topological polar surface area (TPSA) is 47.3 Å². The lowest BCUT2D eigenvalue weighted by Gasteiger charge is -2.17. The van der Waals surface area contributed by atoms with Crippen molar-refractivity contribution in [1.29, 1.82) is 0 Å². The van der Waals surface area contributed by atoms with Gasteiger partial charge in [0.25, 0.3) is 0 Å². The van der Waals surface area contributed by atoms with Crippen molar-refractivity contribution in [3.63, 3.8) is 0 Å². The minimum Gasteiger partial charge on any atom is -0.496 e. The molecule has 4 nitrogen and oxygen atoms in total. The van der Waals surface area contributed by atoms with E-state index in [2.05, 4.69) is 12.0 Å². The van der Waals surface area contributed by atoms with Gasteiger partial charge in [0.2, 0.25) is 0 Å². The molecule has 1 heterocycles. The molecule has 0 bridgehead atoms. The second-order valence-electron chi connectivity index (χ2n) is 5.06. The zero-order valence-electron chi connectivity index (χ0n) is 12.6. The van der Waals surface area contributed by atoms with E-state index < -0.39 is 6.10 Å². The van der Waals surface area contributed by atoms with E-state index >= 15 is 0 Å². The lowest BCUT2D eigenvalue weighted by atomic mass is 9.98. The summed E-state index contributed by atoms with van der Waals surface area (Å²) in [7, 11) is 1.66. The van der Waals surface area contributed by atoms with Crippen molar-refractivity contribution < 1.29 is 9.84 Å². The van der Waals surface area contributed by atoms with Crippen molar-refractivity contribution in [3.05, 3.63) is 46.8 Å². The first-order valence-corrected chi connectivity index (χ1v) is 6.93. The van der Waals surface area contributed by atoms with Crippen molar-refractivity contribution in [2.24, 2.45) is 0 Å². The predicted octanol–water partition coefficient (Wildman–Crippen LogP) is 3.00. The number of benzene rings is 1. The van der Waals surface area contributed by atoms with Crippen LogP contribution in [-0.4, -0.2) is 22.0 Å². The molecular formula is C16H22N2O2. The Morgan fingerprint density at radius 3 is 2.70 bits per heavy atom. The van der Waals surface area contributed by atoms with Gasteiger partial charge >= 0.3 is 0 Å². The van der Waals surface area contributed by atoms with Gasteiger partial charge < -0.3 is 9.84 Å². The van der Waals surface area contributed by atoms with E-state index in [0.717, 1.165) is 41.1 Å². The Kier molecular flexibility index (Phi) is 4.45. The van der Waals surface area contributed by atoms with Gasteiger partial charge in [-0.1, -0.05) is 6.92 Å². The third-order valence-corrected chi connectivity index (χ3v) is 3.54. The SMILES string of the molecule is CCCn1nccc1C(O)c1cc(C)c(OC)cc1C. The second kappa shape index (κ2) is 6.09. The number of nitrogens with zero attached hydrogens (tertiary/aromatic N) is 2. The molecule has 20 heavy (non-hydrogen) atoms. The number of aromatic nitrogens is 2. The Morgan fingerprint density at radius 1 is 1.30 bits per heavy atom. The van der Waals surface area contributed by atoms with Crippen LogP contribution in [0.15, 0.2) is 24.4 Å². The van der Waals surface area contributed by atoms with Gasteiger partial charge in [-0.15, -0.1) is 0 Å². The van der Waals surface area contributed by atoms with Crippen LogP contribution in [-0.2, 0) is 6.54 Å². The number of methoxy groups -OCH3 is 1. The van der Waals surface area contributed by atoms with Crippen LogP contribution in [0.25, 0.3) is 0 Å². The number of aliphatic hydroxyl groups is 1. The van der Waals surface area contributed by atoms with Crippen LogP contribution in [0.4, 0.5) is 0 Å². The minimum atomic E-state index is -0.659. The van der Waals surface area contributed by atoms with E-state index in [1.165, 1.54) is 0 Å². The Bertz CT molecular complexity index is 590. The van der Waals surface area contributed by atoms with E-state index in [4.69, 9.17) is 4.74 Å². The summed E-state index contributed by atoms with van der Waals surface area (Å²) in [4.78, 5) is 0. The summed E-state index contributed by atoms with van der Waals surface area (Å²) in [6.45, 7) is 6.88. The number of aliphatic hydroxyl groups excluding tert-OH is 1. The largest absolute Gasteiger partial charge is 0.496 e. The molecule has 0 fully saturated rings. The van der Waals surface area contributed by atoms with Gasteiger partial charge in [-0.25, -0.2) is 0 Å². The lowest BCUT2D eigenvalue weighted by Crippen LogP contribution is -2.11. The molecular weight excluding hydrogens is 252 g/mol. The van der Waals surface area contributed by atoms with Crippen molar-refractivity contribution in [2.75, 3.05) is 7.11 Å². The maximum Gasteiger partial charge on any atom is 0.122 e. The summed E-state index contributed by atoms with van der Waals surface area (Å²) in [5.41, 5.74) is 3.78. The monoisotopic (exact) mass is 274 g/mol. The van der Waals surface area contributed by atoms with Crippen molar-refractivity contribution in [3.8, 4) is 5.75 Å². The summed E-state index contributed by atoms with van der Waals surface area (Å²) >= 11 is 0. The van der Waals surface area contributed by atoms with Crippen LogP contribution in [0, 0.1) is 13.8 Å². The molecule has 108 valence electrons. The molecule has 0 saturated carbocycles. The fourth-order valence-electron chi connectivity index (χ4n) is 2.46. The van der Waals surface area contributed by atoms with E-state index in [1.54, 1.807) is 13.3 Å². The smallest absolute Gasteiger partial charge is 0.122 e. The Labute approximate surface area is 120 Å². The predicted molar refractivity (Wildman–Crippen MR) is 79.0 cm³/mol.